The summed E-state index contributed by atoms with van der Waals surface area (Å²) in [6, 6.07) is 10.7. The summed E-state index contributed by atoms with van der Waals surface area (Å²) >= 11 is 0. The van der Waals surface area contributed by atoms with Gasteiger partial charge in [0, 0.05) is 13.2 Å². The second kappa shape index (κ2) is 8.62. The van der Waals surface area contributed by atoms with Gasteiger partial charge in [0.1, 0.15) is 0 Å². The number of nitrogens with one attached hydrogen (secondary N) is 2. The Morgan fingerprint density at radius 2 is 1.84 bits per heavy atom. The molecule has 140 valence electrons. The second-order valence-electron chi connectivity index (χ2n) is 7.49. The van der Waals surface area contributed by atoms with Gasteiger partial charge in [0.2, 0.25) is 10.0 Å². The van der Waals surface area contributed by atoms with Crippen LogP contribution < -0.4 is 10.0 Å². The summed E-state index contributed by atoms with van der Waals surface area (Å²) < 4.78 is 31.9. The van der Waals surface area contributed by atoms with Crippen molar-refractivity contribution in [3.8, 4) is 0 Å². The van der Waals surface area contributed by atoms with E-state index in [0.29, 0.717) is 18.4 Å². The maximum atomic E-state index is 11.5. The van der Waals surface area contributed by atoms with Crippen molar-refractivity contribution in [2.24, 2.45) is 5.92 Å². The van der Waals surface area contributed by atoms with Crippen LogP contribution >= 0.6 is 0 Å². The Morgan fingerprint density at radius 1 is 1.12 bits per heavy atom. The zero-order valence-electron chi connectivity index (χ0n) is 15.0. The van der Waals surface area contributed by atoms with Crippen molar-refractivity contribution < 1.29 is 13.2 Å². The fourth-order valence-electron chi connectivity index (χ4n) is 4.06. The average Bonchev–Trinajstić information content (AvgIpc) is 2.61. The molecule has 2 N–H and O–H groups in total. The van der Waals surface area contributed by atoms with Crippen LogP contribution in [0.2, 0.25) is 0 Å². The molecule has 2 fully saturated rings. The Kier molecular flexibility index (Phi) is 6.49. The van der Waals surface area contributed by atoms with E-state index in [1.54, 1.807) is 0 Å². The van der Waals surface area contributed by atoms with Gasteiger partial charge in [-0.1, -0.05) is 30.3 Å². The van der Waals surface area contributed by atoms with E-state index in [4.69, 9.17) is 4.74 Å². The predicted molar refractivity (Wildman–Crippen MR) is 100 cm³/mol. The number of rotatable bonds is 6. The van der Waals surface area contributed by atoms with Crippen molar-refractivity contribution in [1.29, 1.82) is 0 Å². The van der Waals surface area contributed by atoms with Gasteiger partial charge in [-0.15, -0.1) is 0 Å². The second-order valence-corrected chi connectivity index (χ2v) is 9.27. The van der Waals surface area contributed by atoms with Gasteiger partial charge in [-0.25, -0.2) is 13.1 Å². The Balaban J connectivity index is 1.45. The molecule has 5 nitrogen and oxygen atoms in total. The molecule has 1 aliphatic carbocycles. The van der Waals surface area contributed by atoms with E-state index in [2.05, 4.69) is 40.4 Å². The highest BCUT2D eigenvalue weighted by atomic mass is 32.2. The van der Waals surface area contributed by atoms with Crippen LogP contribution in [-0.2, 0) is 14.8 Å². The van der Waals surface area contributed by atoms with E-state index >= 15 is 0 Å². The van der Waals surface area contributed by atoms with E-state index in [0.717, 1.165) is 19.6 Å². The molecule has 6 heteroatoms. The molecule has 25 heavy (non-hydrogen) atoms. The van der Waals surface area contributed by atoms with Crippen molar-refractivity contribution >= 4 is 10.0 Å². The third kappa shape index (κ3) is 5.78. The first-order valence-corrected chi connectivity index (χ1v) is 11.2. The molecule has 0 bridgehead atoms. The summed E-state index contributed by atoms with van der Waals surface area (Å²) in [4.78, 5) is 0. The lowest BCUT2D eigenvalue weighted by atomic mass is 9.79. The van der Waals surface area contributed by atoms with Crippen LogP contribution in [0.3, 0.4) is 0 Å². The fourth-order valence-corrected chi connectivity index (χ4v) is 4.88. The van der Waals surface area contributed by atoms with E-state index in [1.165, 1.54) is 37.5 Å². The molecule has 2 atom stereocenters. The largest absolute Gasteiger partial charge is 0.375 e. The van der Waals surface area contributed by atoms with Crippen molar-refractivity contribution in [3.05, 3.63) is 35.9 Å². The standard InChI is InChI=1S/C19H30N2O3S/c1-25(22,23)21-18-11-12-20-13-19(18)24-14-15-7-9-17(10-8-15)16-5-3-2-4-6-16/h2-6,15,17-21H,7-14H2,1H3/t15?,17?,18-,19?/m0/s1. The molecule has 3 rings (SSSR count). The van der Waals surface area contributed by atoms with Gasteiger partial charge in [-0.2, -0.15) is 0 Å². The third-order valence-corrected chi connectivity index (χ3v) is 6.19. The monoisotopic (exact) mass is 366 g/mol. The molecule has 2 aliphatic rings. The smallest absolute Gasteiger partial charge is 0.209 e. The fraction of sp³-hybridized carbons (Fsp3) is 0.684. The van der Waals surface area contributed by atoms with Crippen LogP contribution in [0.1, 0.15) is 43.6 Å². The molecule has 0 aromatic heterocycles. The van der Waals surface area contributed by atoms with Crippen LogP contribution in [-0.4, -0.2) is 46.5 Å². The van der Waals surface area contributed by atoms with Gasteiger partial charge in [-0.3, -0.25) is 0 Å². The van der Waals surface area contributed by atoms with Crippen LogP contribution in [0.4, 0.5) is 0 Å². The predicted octanol–water partition coefficient (Wildman–Crippen LogP) is 2.26. The molecule has 0 amide bonds. The summed E-state index contributed by atoms with van der Waals surface area (Å²) in [6.07, 6.45) is 6.72. The minimum atomic E-state index is -3.20. The summed E-state index contributed by atoms with van der Waals surface area (Å²) in [6.45, 7) is 2.28. The normalized spacial score (nSPS) is 30.9. The Morgan fingerprint density at radius 3 is 2.52 bits per heavy atom. The van der Waals surface area contributed by atoms with Crippen LogP contribution in [0.15, 0.2) is 30.3 Å². The molecular formula is C19H30N2O3S. The first-order chi connectivity index (χ1) is 12.0. The Bertz CT molecular complexity index is 627. The zero-order chi connectivity index (χ0) is 17.7. The van der Waals surface area contributed by atoms with Gasteiger partial charge in [-0.05, 0) is 56.0 Å². The molecule has 1 aromatic rings. The van der Waals surface area contributed by atoms with Gasteiger partial charge >= 0.3 is 0 Å². The van der Waals surface area contributed by atoms with E-state index in [9.17, 15) is 8.42 Å². The molecule has 1 saturated carbocycles. The topological polar surface area (TPSA) is 67.4 Å². The van der Waals surface area contributed by atoms with E-state index in [1.807, 2.05) is 0 Å². The number of benzene rings is 1. The van der Waals surface area contributed by atoms with Crippen LogP contribution in [0.25, 0.3) is 0 Å². The number of piperidine rings is 1. The first-order valence-electron chi connectivity index (χ1n) is 9.36. The van der Waals surface area contributed by atoms with E-state index < -0.39 is 10.0 Å². The Labute approximate surface area is 151 Å². The van der Waals surface area contributed by atoms with Crippen molar-refractivity contribution in [3.63, 3.8) is 0 Å². The first kappa shape index (κ1) is 18.8. The SMILES string of the molecule is CS(=O)(=O)N[C@H]1CCNCC1OCC1CCC(c2ccccc2)CC1. The van der Waals surface area contributed by atoms with Gasteiger partial charge in [0.15, 0.2) is 0 Å². The molecule has 1 saturated heterocycles. The quantitative estimate of drug-likeness (QED) is 0.810. The maximum absolute atomic E-state index is 11.5. The molecule has 1 aromatic carbocycles. The van der Waals surface area contributed by atoms with Crippen molar-refractivity contribution in [1.82, 2.24) is 10.0 Å². The molecule has 1 unspecified atom stereocenters. The van der Waals surface area contributed by atoms with Gasteiger partial charge in [0.25, 0.3) is 0 Å². The summed E-state index contributed by atoms with van der Waals surface area (Å²) in [5.41, 5.74) is 1.45. The number of ether oxygens (including phenoxy) is 1. The summed E-state index contributed by atoms with van der Waals surface area (Å²) in [7, 11) is -3.20. The van der Waals surface area contributed by atoms with E-state index in [-0.39, 0.29) is 12.1 Å². The van der Waals surface area contributed by atoms with Crippen molar-refractivity contribution in [2.75, 3.05) is 26.0 Å². The van der Waals surface area contributed by atoms with Gasteiger partial charge < -0.3 is 10.1 Å². The Hall–Kier alpha value is -0.950. The molecule has 1 heterocycles. The molecule has 0 spiro atoms. The minimum absolute atomic E-state index is 0.0738. The lowest BCUT2D eigenvalue weighted by Gasteiger charge is -2.34. The van der Waals surface area contributed by atoms with Crippen molar-refractivity contribution in [2.45, 2.75) is 50.2 Å². The lowest BCUT2D eigenvalue weighted by molar-refractivity contribution is -0.00653. The highest BCUT2D eigenvalue weighted by molar-refractivity contribution is 7.88. The number of hydrogen-bond acceptors (Lipinski definition) is 4. The highest BCUT2D eigenvalue weighted by Crippen LogP contribution is 2.35. The highest BCUT2D eigenvalue weighted by Gasteiger charge is 2.29. The number of hydrogen-bond donors (Lipinski definition) is 2. The number of sulfonamides is 1. The van der Waals surface area contributed by atoms with Crippen LogP contribution in [0, 0.1) is 5.92 Å². The molecular weight excluding hydrogens is 336 g/mol. The van der Waals surface area contributed by atoms with Gasteiger partial charge in [0.05, 0.1) is 18.4 Å². The maximum Gasteiger partial charge on any atom is 0.209 e. The summed E-state index contributed by atoms with van der Waals surface area (Å²) in [5, 5.41) is 3.31. The lowest BCUT2D eigenvalue weighted by Crippen LogP contribution is -2.53. The molecule has 0 radical (unpaired) electrons. The third-order valence-electron chi connectivity index (χ3n) is 5.46. The minimum Gasteiger partial charge on any atom is -0.375 e. The van der Waals surface area contributed by atoms with Crippen LogP contribution in [0.5, 0.6) is 0 Å². The zero-order valence-corrected chi connectivity index (χ0v) is 15.8. The average molecular weight is 367 g/mol. The summed E-state index contributed by atoms with van der Waals surface area (Å²) in [5.74, 6) is 1.26. The molecule has 1 aliphatic heterocycles.